The number of anilines is 1. The molecule has 0 bridgehead atoms. The van der Waals surface area contributed by atoms with Crippen molar-refractivity contribution >= 4 is 11.8 Å². The number of methoxy groups -OCH3 is 1. The van der Waals surface area contributed by atoms with Crippen molar-refractivity contribution < 1.29 is 14.3 Å². The van der Waals surface area contributed by atoms with Crippen LogP contribution in [0.4, 0.5) is 5.82 Å². The van der Waals surface area contributed by atoms with Crippen molar-refractivity contribution in [3.05, 3.63) is 23.4 Å². The van der Waals surface area contributed by atoms with Crippen LogP contribution in [0.25, 0.3) is 0 Å². The molecule has 1 aromatic heterocycles. The Labute approximate surface area is 131 Å². The molecule has 2 fully saturated rings. The summed E-state index contributed by atoms with van der Waals surface area (Å²) in [4.78, 5) is 21.2. The summed E-state index contributed by atoms with van der Waals surface area (Å²) < 4.78 is 10.3. The molecule has 2 aliphatic heterocycles. The van der Waals surface area contributed by atoms with Gasteiger partial charge in [0.2, 0.25) is 0 Å². The summed E-state index contributed by atoms with van der Waals surface area (Å²) in [5.74, 6) is 0.452. The SMILES string of the molecule is COC(=O)c1cc(CN2CCOCC2)cnc1N1CCCC1. The van der Waals surface area contributed by atoms with Crippen LogP contribution in [0, 0.1) is 0 Å². The van der Waals surface area contributed by atoms with E-state index in [2.05, 4.69) is 14.8 Å². The third-order valence-electron chi connectivity index (χ3n) is 4.24. The lowest BCUT2D eigenvalue weighted by molar-refractivity contribution is 0.0341. The van der Waals surface area contributed by atoms with Gasteiger partial charge in [0.1, 0.15) is 11.4 Å². The Bertz CT molecular complexity index is 523. The van der Waals surface area contributed by atoms with Gasteiger partial charge < -0.3 is 14.4 Å². The van der Waals surface area contributed by atoms with Gasteiger partial charge in [-0.05, 0) is 24.5 Å². The Morgan fingerprint density at radius 3 is 2.68 bits per heavy atom. The number of rotatable bonds is 4. The van der Waals surface area contributed by atoms with Crippen molar-refractivity contribution in [1.82, 2.24) is 9.88 Å². The zero-order valence-electron chi connectivity index (χ0n) is 13.1. The van der Waals surface area contributed by atoms with Gasteiger partial charge in [-0.25, -0.2) is 9.78 Å². The summed E-state index contributed by atoms with van der Waals surface area (Å²) in [6.45, 7) is 6.08. The highest BCUT2D eigenvalue weighted by Gasteiger charge is 2.22. The molecule has 0 N–H and O–H groups in total. The summed E-state index contributed by atoms with van der Waals surface area (Å²) in [6, 6.07) is 1.93. The molecule has 0 aliphatic carbocycles. The fourth-order valence-corrected chi connectivity index (χ4v) is 3.05. The lowest BCUT2D eigenvalue weighted by atomic mass is 10.1. The Hall–Kier alpha value is -1.66. The van der Waals surface area contributed by atoms with Crippen molar-refractivity contribution in [2.75, 3.05) is 51.4 Å². The van der Waals surface area contributed by atoms with Gasteiger partial charge in [-0.2, -0.15) is 0 Å². The molecule has 6 heteroatoms. The Morgan fingerprint density at radius 1 is 1.27 bits per heavy atom. The molecule has 0 spiro atoms. The van der Waals surface area contributed by atoms with Crippen LogP contribution in [-0.2, 0) is 16.0 Å². The maximum absolute atomic E-state index is 12.1. The first-order valence-corrected chi connectivity index (χ1v) is 7.90. The molecule has 2 aliphatic rings. The van der Waals surface area contributed by atoms with E-state index in [-0.39, 0.29) is 5.97 Å². The molecule has 2 saturated heterocycles. The molecule has 0 unspecified atom stereocenters. The highest BCUT2D eigenvalue weighted by atomic mass is 16.5. The lowest BCUT2D eigenvalue weighted by Crippen LogP contribution is -2.35. The average Bonchev–Trinajstić information content (AvgIpc) is 3.09. The van der Waals surface area contributed by atoms with E-state index in [0.29, 0.717) is 5.56 Å². The summed E-state index contributed by atoms with van der Waals surface area (Å²) in [7, 11) is 1.42. The monoisotopic (exact) mass is 305 g/mol. The van der Waals surface area contributed by atoms with Gasteiger partial charge in [0.25, 0.3) is 0 Å². The van der Waals surface area contributed by atoms with Crippen LogP contribution in [0.3, 0.4) is 0 Å². The van der Waals surface area contributed by atoms with E-state index in [4.69, 9.17) is 9.47 Å². The minimum absolute atomic E-state index is 0.307. The van der Waals surface area contributed by atoms with E-state index in [1.165, 1.54) is 7.11 Å². The highest BCUT2D eigenvalue weighted by molar-refractivity contribution is 5.95. The van der Waals surface area contributed by atoms with Crippen molar-refractivity contribution in [1.29, 1.82) is 0 Å². The molecule has 120 valence electrons. The molecule has 0 aromatic carbocycles. The van der Waals surface area contributed by atoms with E-state index in [1.54, 1.807) is 0 Å². The molecule has 0 amide bonds. The van der Waals surface area contributed by atoms with Gasteiger partial charge in [0, 0.05) is 38.9 Å². The third kappa shape index (κ3) is 3.39. The zero-order valence-corrected chi connectivity index (χ0v) is 13.1. The standard InChI is InChI=1S/C16H23N3O3/c1-21-16(20)14-10-13(12-18-6-8-22-9-7-18)11-17-15(14)19-4-2-3-5-19/h10-11H,2-9,12H2,1H3. The normalized spacial score (nSPS) is 19.4. The fourth-order valence-electron chi connectivity index (χ4n) is 3.05. The molecule has 0 radical (unpaired) electrons. The first-order chi connectivity index (χ1) is 10.8. The Balaban J connectivity index is 1.81. The van der Waals surface area contributed by atoms with Crippen LogP contribution in [0.1, 0.15) is 28.8 Å². The summed E-state index contributed by atoms with van der Waals surface area (Å²) >= 11 is 0. The molecular formula is C16H23N3O3. The smallest absolute Gasteiger partial charge is 0.341 e. The number of pyridine rings is 1. The average molecular weight is 305 g/mol. The number of nitrogens with zero attached hydrogens (tertiary/aromatic N) is 3. The number of morpholine rings is 1. The van der Waals surface area contributed by atoms with Gasteiger partial charge in [-0.15, -0.1) is 0 Å². The lowest BCUT2D eigenvalue weighted by Gasteiger charge is -2.27. The maximum atomic E-state index is 12.1. The minimum Gasteiger partial charge on any atom is -0.465 e. The van der Waals surface area contributed by atoms with Crippen molar-refractivity contribution in [2.45, 2.75) is 19.4 Å². The molecule has 0 atom stereocenters. The molecule has 6 nitrogen and oxygen atoms in total. The minimum atomic E-state index is -0.307. The van der Waals surface area contributed by atoms with Crippen LogP contribution in [0.15, 0.2) is 12.3 Å². The second-order valence-corrected chi connectivity index (χ2v) is 5.79. The quantitative estimate of drug-likeness (QED) is 0.782. The van der Waals surface area contributed by atoms with Gasteiger partial charge in [-0.3, -0.25) is 4.90 Å². The van der Waals surface area contributed by atoms with E-state index in [1.807, 2.05) is 12.3 Å². The summed E-state index contributed by atoms with van der Waals surface area (Å²) in [5, 5.41) is 0. The molecule has 22 heavy (non-hydrogen) atoms. The predicted molar refractivity (Wildman–Crippen MR) is 83.1 cm³/mol. The van der Waals surface area contributed by atoms with Crippen LogP contribution < -0.4 is 4.90 Å². The maximum Gasteiger partial charge on any atom is 0.341 e. The van der Waals surface area contributed by atoms with Crippen LogP contribution >= 0.6 is 0 Å². The number of aromatic nitrogens is 1. The topological polar surface area (TPSA) is 54.9 Å². The fraction of sp³-hybridized carbons (Fsp3) is 0.625. The highest BCUT2D eigenvalue weighted by Crippen LogP contribution is 2.24. The number of carbonyl (C=O) groups excluding carboxylic acids is 1. The second-order valence-electron chi connectivity index (χ2n) is 5.79. The molecular weight excluding hydrogens is 282 g/mol. The van der Waals surface area contributed by atoms with E-state index < -0.39 is 0 Å². The number of ether oxygens (including phenoxy) is 2. The number of carbonyl (C=O) groups is 1. The van der Waals surface area contributed by atoms with Gasteiger partial charge in [0.15, 0.2) is 0 Å². The van der Waals surface area contributed by atoms with Crippen molar-refractivity contribution in [2.24, 2.45) is 0 Å². The van der Waals surface area contributed by atoms with Gasteiger partial charge in [-0.1, -0.05) is 0 Å². The van der Waals surface area contributed by atoms with E-state index in [9.17, 15) is 4.79 Å². The summed E-state index contributed by atoms with van der Waals surface area (Å²) in [5.41, 5.74) is 1.63. The number of hydrogen-bond acceptors (Lipinski definition) is 6. The van der Waals surface area contributed by atoms with E-state index in [0.717, 1.165) is 70.2 Å². The Morgan fingerprint density at radius 2 is 2.00 bits per heavy atom. The van der Waals surface area contributed by atoms with Crippen LogP contribution in [-0.4, -0.2) is 62.4 Å². The van der Waals surface area contributed by atoms with E-state index >= 15 is 0 Å². The van der Waals surface area contributed by atoms with Gasteiger partial charge >= 0.3 is 5.97 Å². The number of esters is 1. The van der Waals surface area contributed by atoms with Crippen molar-refractivity contribution in [3.63, 3.8) is 0 Å². The molecule has 1 aromatic rings. The predicted octanol–water partition coefficient (Wildman–Crippen LogP) is 1.30. The first kappa shape index (κ1) is 15.2. The van der Waals surface area contributed by atoms with Crippen LogP contribution in [0.2, 0.25) is 0 Å². The van der Waals surface area contributed by atoms with Gasteiger partial charge in [0.05, 0.1) is 20.3 Å². The van der Waals surface area contributed by atoms with Crippen molar-refractivity contribution in [3.8, 4) is 0 Å². The number of hydrogen-bond donors (Lipinski definition) is 0. The molecule has 0 saturated carbocycles. The summed E-state index contributed by atoms with van der Waals surface area (Å²) in [6.07, 6.45) is 4.19. The second kappa shape index (κ2) is 7.07. The molecule has 3 heterocycles. The Kier molecular flexibility index (Phi) is 4.90. The largest absolute Gasteiger partial charge is 0.465 e. The van der Waals surface area contributed by atoms with Crippen LogP contribution in [0.5, 0.6) is 0 Å². The first-order valence-electron chi connectivity index (χ1n) is 7.90. The molecule has 3 rings (SSSR count). The zero-order chi connectivity index (χ0) is 15.4. The third-order valence-corrected chi connectivity index (χ3v) is 4.24.